The van der Waals surface area contributed by atoms with Crippen LogP contribution in [0.2, 0.25) is 0 Å². The molecule has 0 spiro atoms. The Balaban J connectivity index is 2.15. The molecule has 4 heteroatoms. The zero-order chi connectivity index (χ0) is 9.97. The van der Waals surface area contributed by atoms with Gasteiger partial charge in [0.1, 0.15) is 5.82 Å². The molecule has 1 aromatic heterocycles. The van der Waals surface area contributed by atoms with Crippen LogP contribution in [0.25, 0.3) is 0 Å². The number of nitrogen functional groups attached to an aromatic ring is 1. The molecule has 1 aliphatic rings. The van der Waals surface area contributed by atoms with Gasteiger partial charge in [-0.3, -0.25) is 0 Å². The number of anilines is 2. The number of nitrogens with one attached hydrogen (secondary N) is 1. The molecule has 0 amide bonds. The second-order valence-electron chi connectivity index (χ2n) is 3.88. The highest BCUT2D eigenvalue weighted by Gasteiger charge is 2.18. The second-order valence-corrected chi connectivity index (χ2v) is 3.88. The van der Waals surface area contributed by atoms with E-state index in [1.54, 1.807) is 6.20 Å². The average molecular weight is 192 g/mol. The maximum atomic E-state index is 5.31. The van der Waals surface area contributed by atoms with E-state index in [9.17, 15) is 0 Å². The SMILES string of the molecule is CC1CCN(c2ccnc(NN)c2)C1. The predicted molar refractivity (Wildman–Crippen MR) is 58.0 cm³/mol. The molecule has 1 saturated heterocycles. The quantitative estimate of drug-likeness (QED) is 0.546. The normalized spacial score (nSPS) is 21.3. The molecule has 2 rings (SSSR count). The first-order chi connectivity index (χ1) is 6.79. The Bertz CT molecular complexity index is 313. The molecule has 14 heavy (non-hydrogen) atoms. The monoisotopic (exact) mass is 192 g/mol. The zero-order valence-electron chi connectivity index (χ0n) is 8.40. The molecular formula is C10H16N4. The Kier molecular flexibility index (Phi) is 2.54. The van der Waals surface area contributed by atoms with E-state index in [-0.39, 0.29) is 0 Å². The third-order valence-electron chi connectivity index (χ3n) is 2.68. The minimum atomic E-state index is 0.724. The van der Waals surface area contributed by atoms with Gasteiger partial charge in [0.15, 0.2) is 0 Å². The predicted octanol–water partition coefficient (Wildman–Crippen LogP) is 1.21. The van der Waals surface area contributed by atoms with Crippen molar-refractivity contribution in [3.05, 3.63) is 18.3 Å². The summed E-state index contributed by atoms with van der Waals surface area (Å²) in [6, 6.07) is 4.01. The molecule has 2 heterocycles. The van der Waals surface area contributed by atoms with E-state index in [0.717, 1.165) is 24.8 Å². The molecule has 0 radical (unpaired) electrons. The number of aromatic nitrogens is 1. The van der Waals surface area contributed by atoms with Crippen molar-refractivity contribution in [3.8, 4) is 0 Å². The first kappa shape index (κ1) is 9.27. The minimum Gasteiger partial charge on any atom is -0.371 e. The molecule has 0 aromatic carbocycles. The van der Waals surface area contributed by atoms with E-state index >= 15 is 0 Å². The molecule has 76 valence electrons. The Labute approximate surface area is 84.1 Å². The van der Waals surface area contributed by atoms with Gasteiger partial charge in [0, 0.05) is 31.0 Å². The van der Waals surface area contributed by atoms with Gasteiger partial charge >= 0.3 is 0 Å². The Hall–Kier alpha value is -1.29. The molecule has 0 aliphatic carbocycles. The van der Waals surface area contributed by atoms with Crippen LogP contribution in [0.15, 0.2) is 18.3 Å². The maximum Gasteiger partial charge on any atom is 0.141 e. The van der Waals surface area contributed by atoms with Gasteiger partial charge in [-0.1, -0.05) is 6.92 Å². The van der Waals surface area contributed by atoms with E-state index in [4.69, 9.17) is 5.84 Å². The van der Waals surface area contributed by atoms with Crippen molar-refractivity contribution in [3.63, 3.8) is 0 Å². The lowest BCUT2D eigenvalue weighted by Gasteiger charge is -2.18. The van der Waals surface area contributed by atoms with Gasteiger partial charge in [-0.15, -0.1) is 0 Å². The third kappa shape index (κ3) is 1.80. The smallest absolute Gasteiger partial charge is 0.141 e. The second kappa shape index (κ2) is 3.84. The van der Waals surface area contributed by atoms with Crippen molar-refractivity contribution in [2.75, 3.05) is 23.4 Å². The van der Waals surface area contributed by atoms with Gasteiger partial charge in [0.05, 0.1) is 0 Å². The number of hydrogen-bond acceptors (Lipinski definition) is 4. The highest BCUT2D eigenvalue weighted by atomic mass is 15.3. The van der Waals surface area contributed by atoms with Crippen molar-refractivity contribution >= 4 is 11.5 Å². The summed E-state index contributed by atoms with van der Waals surface area (Å²) in [5.41, 5.74) is 3.77. The van der Waals surface area contributed by atoms with Crippen LogP contribution in [0, 0.1) is 5.92 Å². The van der Waals surface area contributed by atoms with Gasteiger partial charge in [0.25, 0.3) is 0 Å². The van der Waals surface area contributed by atoms with Gasteiger partial charge in [0.2, 0.25) is 0 Å². The maximum absolute atomic E-state index is 5.31. The van der Waals surface area contributed by atoms with E-state index < -0.39 is 0 Å². The molecule has 4 nitrogen and oxygen atoms in total. The number of pyridine rings is 1. The summed E-state index contributed by atoms with van der Waals surface area (Å²) in [7, 11) is 0. The molecule has 1 unspecified atom stereocenters. The van der Waals surface area contributed by atoms with Crippen LogP contribution in [-0.2, 0) is 0 Å². The van der Waals surface area contributed by atoms with Crippen molar-refractivity contribution in [1.82, 2.24) is 4.98 Å². The molecule has 3 N–H and O–H groups in total. The van der Waals surface area contributed by atoms with Crippen LogP contribution in [0.1, 0.15) is 13.3 Å². The first-order valence-corrected chi connectivity index (χ1v) is 4.97. The number of nitrogens with two attached hydrogens (primary N) is 1. The average Bonchev–Trinajstić information content (AvgIpc) is 2.65. The fourth-order valence-corrected chi connectivity index (χ4v) is 1.86. The fourth-order valence-electron chi connectivity index (χ4n) is 1.86. The number of rotatable bonds is 2. The molecule has 1 atom stereocenters. The van der Waals surface area contributed by atoms with E-state index in [2.05, 4.69) is 22.2 Å². The number of hydrogen-bond donors (Lipinski definition) is 2. The lowest BCUT2D eigenvalue weighted by molar-refractivity contribution is 0.659. The highest BCUT2D eigenvalue weighted by Crippen LogP contribution is 2.24. The highest BCUT2D eigenvalue weighted by molar-refractivity contribution is 5.53. The number of hydrazine groups is 1. The Morgan fingerprint density at radius 3 is 3.14 bits per heavy atom. The first-order valence-electron chi connectivity index (χ1n) is 4.97. The third-order valence-corrected chi connectivity index (χ3v) is 2.68. The van der Waals surface area contributed by atoms with E-state index in [1.165, 1.54) is 12.1 Å². The van der Waals surface area contributed by atoms with E-state index in [1.807, 2.05) is 12.1 Å². The van der Waals surface area contributed by atoms with Crippen LogP contribution < -0.4 is 16.2 Å². The van der Waals surface area contributed by atoms with Gasteiger partial charge < -0.3 is 10.3 Å². The van der Waals surface area contributed by atoms with Gasteiger partial charge in [-0.2, -0.15) is 0 Å². The zero-order valence-corrected chi connectivity index (χ0v) is 8.40. The summed E-state index contributed by atoms with van der Waals surface area (Å²) in [6.07, 6.45) is 3.06. The summed E-state index contributed by atoms with van der Waals surface area (Å²) < 4.78 is 0. The summed E-state index contributed by atoms with van der Waals surface area (Å²) in [5, 5.41) is 0. The molecular weight excluding hydrogens is 176 g/mol. The summed E-state index contributed by atoms with van der Waals surface area (Å²) in [6.45, 7) is 4.55. The van der Waals surface area contributed by atoms with E-state index in [0.29, 0.717) is 0 Å². The lowest BCUT2D eigenvalue weighted by atomic mass is 10.2. The summed E-state index contributed by atoms with van der Waals surface area (Å²) in [4.78, 5) is 6.45. The van der Waals surface area contributed by atoms with Crippen molar-refractivity contribution in [2.45, 2.75) is 13.3 Å². The Morgan fingerprint density at radius 1 is 1.64 bits per heavy atom. The standard InChI is InChI=1S/C10H16N4/c1-8-3-5-14(7-8)9-2-4-12-10(6-9)13-11/h2,4,6,8H,3,5,7,11H2,1H3,(H,12,13). The van der Waals surface area contributed by atoms with Crippen molar-refractivity contribution < 1.29 is 0 Å². The van der Waals surface area contributed by atoms with Crippen LogP contribution in [0.5, 0.6) is 0 Å². The molecule has 1 fully saturated rings. The number of nitrogens with zero attached hydrogens (tertiary/aromatic N) is 2. The van der Waals surface area contributed by atoms with Gasteiger partial charge in [-0.05, 0) is 18.4 Å². The largest absolute Gasteiger partial charge is 0.371 e. The van der Waals surface area contributed by atoms with Gasteiger partial charge in [-0.25, -0.2) is 10.8 Å². The minimum absolute atomic E-state index is 0.724. The van der Waals surface area contributed by atoms with Crippen molar-refractivity contribution in [1.29, 1.82) is 0 Å². The van der Waals surface area contributed by atoms with Crippen molar-refractivity contribution in [2.24, 2.45) is 11.8 Å². The fraction of sp³-hybridized carbons (Fsp3) is 0.500. The molecule has 0 bridgehead atoms. The molecule has 1 aliphatic heterocycles. The molecule has 0 saturated carbocycles. The van der Waals surface area contributed by atoms with Crippen LogP contribution >= 0.6 is 0 Å². The Morgan fingerprint density at radius 2 is 2.50 bits per heavy atom. The molecule has 1 aromatic rings. The van der Waals surface area contributed by atoms with Crippen LogP contribution in [0.3, 0.4) is 0 Å². The summed E-state index contributed by atoms with van der Waals surface area (Å²) >= 11 is 0. The van der Waals surface area contributed by atoms with Crippen LogP contribution in [-0.4, -0.2) is 18.1 Å². The summed E-state index contributed by atoms with van der Waals surface area (Å²) in [5.74, 6) is 6.83. The lowest BCUT2D eigenvalue weighted by Crippen LogP contribution is -2.19. The van der Waals surface area contributed by atoms with Crippen LogP contribution in [0.4, 0.5) is 11.5 Å². The topological polar surface area (TPSA) is 54.2 Å².